The molecule has 0 amide bonds. The molecule has 0 aliphatic carbocycles. The highest BCUT2D eigenvalue weighted by Crippen LogP contribution is 2.22. The quantitative estimate of drug-likeness (QED) is 0.867. The average Bonchev–Trinajstić information content (AvgIpc) is 2.85. The van der Waals surface area contributed by atoms with E-state index >= 15 is 0 Å². The van der Waals surface area contributed by atoms with E-state index in [4.69, 9.17) is 9.26 Å². The minimum atomic E-state index is 0.365. The minimum Gasteiger partial charge on any atom is -0.482 e. The predicted molar refractivity (Wildman–Crippen MR) is 66.3 cm³/mol. The van der Waals surface area contributed by atoms with Gasteiger partial charge in [0.05, 0.1) is 11.4 Å². The van der Waals surface area contributed by atoms with Gasteiger partial charge in [0.15, 0.2) is 11.5 Å². The van der Waals surface area contributed by atoms with E-state index in [1.807, 2.05) is 34.0 Å². The van der Waals surface area contributed by atoms with Gasteiger partial charge >= 0.3 is 0 Å². The van der Waals surface area contributed by atoms with Crippen LogP contribution in [-0.4, -0.2) is 22.0 Å². The third-order valence-corrected chi connectivity index (χ3v) is 2.77. The molecule has 0 radical (unpaired) electrons. The molecule has 2 heterocycles. The van der Waals surface area contributed by atoms with E-state index in [2.05, 4.69) is 15.6 Å². The van der Waals surface area contributed by atoms with Gasteiger partial charge < -0.3 is 14.6 Å². The molecule has 0 fully saturated rings. The summed E-state index contributed by atoms with van der Waals surface area (Å²) in [5.74, 6) is 1.52. The van der Waals surface area contributed by atoms with Crippen LogP contribution in [0.25, 0.3) is 0 Å². The first-order valence-corrected chi connectivity index (χ1v) is 5.84. The van der Waals surface area contributed by atoms with Crippen molar-refractivity contribution in [2.45, 2.75) is 27.0 Å². The number of ether oxygens (including phenoxy) is 1. The van der Waals surface area contributed by atoms with Crippen LogP contribution in [0.4, 0.5) is 0 Å². The summed E-state index contributed by atoms with van der Waals surface area (Å²) >= 11 is 0. The fraction of sp³-hybridized carbons (Fsp3) is 0.500. The van der Waals surface area contributed by atoms with Crippen molar-refractivity contribution in [1.29, 1.82) is 0 Å². The number of aromatic nitrogens is 3. The van der Waals surface area contributed by atoms with E-state index in [-0.39, 0.29) is 0 Å². The van der Waals surface area contributed by atoms with Gasteiger partial charge in [-0.3, -0.25) is 4.68 Å². The lowest BCUT2D eigenvalue weighted by Gasteiger charge is -2.03. The third kappa shape index (κ3) is 2.53. The van der Waals surface area contributed by atoms with E-state index in [0.717, 1.165) is 22.8 Å². The molecule has 0 saturated heterocycles. The van der Waals surface area contributed by atoms with Crippen LogP contribution in [0.1, 0.15) is 22.8 Å². The molecule has 0 unspecified atom stereocenters. The normalized spacial score (nSPS) is 10.9. The van der Waals surface area contributed by atoms with Crippen molar-refractivity contribution in [3.05, 3.63) is 28.9 Å². The van der Waals surface area contributed by atoms with E-state index in [9.17, 15) is 0 Å². The van der Waals surface area contributed by atoms with Crippen LogP contribution in [0.15, 0.2) is 10.6 Å². The van der Waals surface area contributed by atoms with Gasteiger partial charge in [0.25, 0.3) is 0 Å². The summed E-state index contributed by atoms with van der Waals surface area (Å²) in [6, 6.07) is 1.89. The molecule has 1 N–H and O–H groups in total. The van der Waals surface area contributed by atoms with Gasteiger partial charge in [-0.15, -0.1) is 0 Å². The third-order valence-electron chi connectivity index (χ3n) is 2.77. The van der Waals surface area contributed by atoms with Crippen LogP contribution in [0.5, 0.6) is 5.75 Å². The monoisotopic (exact) mass is 250 g/mol. The van der Waals surface area contributed by atoms with Crippen molar-refractivity contribution in [2.75, 3.05) is 7.05 Å². The average molecular weight is 250 g/mol. The Morgan fingerprint density at radius 2 is 2.22 bits per heavy atom. The van der Waals surface area contributed by atoms with Crippen molar-refractivity contribution in [2.24, 2.45) is 7.05 Å². The Balaban J connectivity index is 2.02. The second-order valence-corrected chi connectivity index (χ2v) is 4.23. The van der Waals surface area contributed by atoms with E-state index < -0.39 is 0 Å². The Hall–Kier alpha value is -1.82. The van der Waals surface area contributed by atoms with Gasteiger partial charge in [-0.2, -0.15) is 5.10 Å². The van der Waals surface area contributed by atoms with E-state index in [0.29, 0.717) is 18.9 Å². The lowest BCUT2D eigenvalue weighted by molar-refractivity contribution is 0.245. The van der Waals surface area contributed by atoms with Crippen LogP contribution in [-0.2, 0) is 20.2 Å². The highest BCUT2D eigenvalue weighted by Gasteiger charge is 2.12. The summed E-state index contributed by atoms with van der Waals surface area (Å²) in [5, 5.41) is 11.2. The first kappa shape index (κ1) is 12.6. The summed E-state index contributed by atoms with van der Waals surface area (Å²) in [6.45, 7) is 4.95. The fourth-order valence-electron chi connectivity index (χ4n) is 1.79. The topological polar surface area (TPSA) is 65.1 Å². The van der Waals surface area contributed by atoms with Crippen LogP contribution >= 0.6 is 0 Å². The number of hydrogen-bond donors (Lipinski definition) is 1. The van der Waals surface area contributed by atoms with Gasteiger partial charge in [0.2, 0.25) is 0 Å². The molecule has 0 saturated carbocycles. The van der Waals surface area contributed by atoms with Crippen LogP contribution < -0.4 is 10.1 Å². The summed E-state index contributed by atoms with van der Waals surface area (Å²) in [6.07, 6.45) is 0. The standard InChI is InChI=1S/C12H18N4O2/c1-8-12(9(2)16(4)14-8)17-7-11-5-10(6-13-3)15-18-11/h5,13H,6-7H2,1-4H3. The van der Waals surface area contributed by atoms with Gasteiger partial charge in [0, 0.05) is 19.7 Å². The molecular weight excluding hydrogens is 232 g/mol. The molecule has 0 aliphatic rings. The van der Waals surface area contributed by atoms with E-state index in [1.165, 1.54) is 0 Å². The second-order valence-electron chi connectivity index (χ2n) is 4.23. The van der Waals surface area contributed by atoms with Gasteiger partial charge in [-0.05, 0) is 20.9 Å². The maximum atomic E-state index is 5.73. The minimum absolute atomic E-state index is 0.365. The Morgan fingerprint density at radius 3 is 2.83 bits per heavy atom. The molecule has 2 rings (SSSR count). The molecule has 6 nitrogen and oxygen atoms in total. The molecular formula is C12H18N4O2. The maximum absolute atomic E-state index is 5.73. The van der Waals surface area contributed by atoms with E-state index in [1.54, 1.807) is 4.68 Å². The first-order valence-electron chi connectivity index (χ1n) is 5.84. The maximum Gasteiger partial charge on any atom is 0.174 e. The number of hydrogen-bond acceptors (Lipinski definition) is 5. The number of aryl methyl sites for hydroxylation is 2. The lowest BCUT2D eigenvalue weighted by Crippen LogP contribution is -2.04. The SMILES string of the molecule is CNCc1cc(COc2c(C)nn(C)c2C)on1. The largest absolute Gasteiger partial charge is 0.482 e. The zero-order valence-electron chi connectivity index (χ0n) is 11.1. The lowest BCUT2D eigenvalue weighted by atomic mass is 10.3. The van der Waals surface area contributed by atoms with Crippen molar-refractivity contribution >= 4 is 0 Å². The molecule has 98 valence electrons. The summed E-state index contributed by atoms with van der Waals surface area (Å²) < 4.78 is 12.7. The Morgan fingerprint density at radius 1 is 1.44 bits per heavy atom. The Labute approximate surface area is 106 Å². The molecule has 6 heteroatoms. The highest BCUT2D eigenvalue weighted by atomic mass is 16.5. The van der Waals surface area contributed by atoms with Crippen molar-refractivity contribution < 1.29 is 9.26 Å². The summed E-state index contributed by atoms with van der Waals surface area (Å²) in [4.78, 5) is 0. The molecule has 0 atom stereocenters. The zero-order valence-corrected chi connectivity index (χ0v) is 11.1. The second kappa shape index (κ2) is 5.22. The first-order chi connectivity index (χ1) is 8.61. The van der Waals surface area contributed by atoms with Crippen molar-refractivity contribution in [3.63, 3.8) is 0 Å². The zero-order chi connectivity index (χ0) is 13.1. The smallest absolute Gasteiger partial charge is 0.174 e. The number of rotatable bonds is 5. The molecule has 0 aliphatic heterocycles. The molecule has 0 bridgehead atoms. The van der Waals surface area contributed by atoms with Crippen LogP contribution in [0, 0.1) is 13.8 Å². The van der Waals surface area contributed by atoms with Crippen LogP contribution in [0.2, 0.25) is 0 Å². The Kier molecular flexibility index (Phi) is 3.66. The molecule has 0 aromatic carbocycles. The fourth-order valence-corrected chi connectivity index (χ4v) is 1.79. The van der Waals surface area contributed by atoms with Crippen LogP contribution in [0.3, 0.4) is 0 Å². The number of nitrogens with zero attached hydrogens (tertiary/aromatic N) is 3. The van der Waals surface area contributed by atoms with Gasteiger partial charge in [-0.1, -0.05) is 5.16 Å². The highest BCUT2D eigenvalue weighted by molar-refractivity contribution is 5.31. The van der Waals surface area contributed by atoms with Crippen molar-refractivity contribution in [3.8, 4) is 5.75 Å². The molecule has 2 aromatic rings. The van der Waals surface area contributed by atoms with Gasteiger partial charge in [0.1, 0.15) is 12.3 Å². The number of nitrogens with one attached hydrogen (secondary N) is 1. The predicted octanol–water partition coefficient (Wildman–Crippen LogP) is 1.32. The molecule has 0 spiro atoms. The summed E-state index contributed by atoms with van der Waals surface area (Å²) in [7, 11) is 3.77. The Bertz CT molecular complexity index is 530. The van der Waals surface area contributed by atoms with Crippen molar-refractivity contribution in [1.82, 2.24) is 20.3 Å². The summed E-state index contributed by atoms with van der Waals surface area (Å²) in [5.41, 5.74) is 2.75. The van der Waals surface area contributed by atoms with Gasteiger partial charge in [-0.25, -0.2) is 0 Å². The molecule has 18 heavy (non-hydrogen) atoms. The molecule has 2 aromatic heterocycles.